The van der Waals surface area contributed by atoms with Gasteiger partial charge in [-0.1, -0.05) is 0 Å². The summed E-state index contributed by atoms with van der Waals surface area (Å²) >= 11 is 4.05. The van der Waals surface area contributed by atoms with Crippen LogP contribution in [0.25, 0.3) is 0 Å². The van der Waals surface area contributed by atoms with Crippen LogP contribution in [0.4, 0.5) is 10.6 Å². The number of ether oxygens (including phenoxy) is 1. The quantitative estimate of drug-likeness (QED) is 0.613. The molecule has 0 spiro atoms. The molecule has 1 amide bonds. The maximum atomic E-state index is 12.4. The normalized spacial score (nSPS) is 19.1. The van der Waals surface area contributed by atoms with Gasteiger partial charge in [0, 0.05) is 0 Å². The Morgan fingerprint density at radius 3 is 2.44 bits per heavy atom. The monoisotopic (exact) mass is 475 g/mol. The number of aromatic nitrogens is 1. The molecule has 0 aliphatic carbocycles. The average Bonchev–Trinajstić information content (AvgIpc) is 2.43. The van der Waals surface area contributed by atoms with Gasteiger partial charge in [0.1, 0.15) is 0 Å². The van der Waals surface area contributed by atoms with Gasteiger partial charge < -0.3 is 0 Å². The summed E-state index contributed by atoms with van der Waals surface area (Å²) in [7, 11) is 0. The van der Waals surface area contributed by atoms with E-state index in [1.165, 1.54) is 3.71 Å². The van der Waals surface area contributed by atoms with E-state index in [-0.39, 0.29) is 12.1 Å². The molecule has 1 aliphatic rings. The molecule has 1 saturated heterocycles. The van der Waals surface area contributed by atoms with Crippen molar-refractivity contribution in [1.29, 1.82) is 0 Å². The van der Waals surface area contributed by atoms with Crippen LogP contribution in [0.3, 0.4) is 0 Å². The summed E-state index contributed by atoms with van der Waals surface area (Å²) in [4.78, 5) is 28.3. The SMILES string of the molecule is C[C@H]1CN(c2cc(Cl)c[c]([Sn]([CH3])([CH3])[CH3])n2)CCN1C(=O)OC(C)(C)C. The van der Waals surface area contributed by atoms with Crippen molar-refractivity contribution in [2.45, 2.75) is 54.2 Å². The van der Waals surface area contributed by atoms with Crippen molar-refractivity contribution in [3.63, 3.8) is 0 Å². The Kier molecular flexibility index (Phi) is 6.19. The Balaban J connectivity index is 2.13. The summed E-state index contributed by atoms with van der Waals surface area (Å²) in [6, 6.07) is 4.01. The molecule has 140 valence electrons. The van der Waals surface area contributed by atoms with Crippen LogP contribution in [0.2, 0.25) is 19.8 Å². The summed E-state index contributed by atoms with van der Waals surface area (Å²) in [5, 5.41) is 0.744. The third kappa shape index (κ3) is 5.64. The van der Waals surface area contributed by atoms with Crippen molar-refractivity contribution in [3.05, 3.63) is 17.2 Å². The molecule has 0 unspecified atom stereocenters. The molecule has 1 atom stereocenters. The van der Waals surface area contributed by atoms with E-state index in [1.807, 2.05) is 39.8 Å². The van der Waals surface area contributed by atoms with Gasteiger partial charge in [0.15, 0.2) is 0 Å². The van der Waals surface area contributed by atoms with Crippen molar-refractivity contribution < 1.29 is 9.53 Å². The molecule has 7 heteroatoms. The fourth-order valence-electron chi connectivity index (χ4n) is 2.79. The number of nitrogens with zero attached hydrogens (tertiary/aromatic N) is 3. The van der Waals surface area contributed by atoms with Crippen LogP contribution in [0.1, 0.15) is 27.7 Å². The van der Waals surface area contributed by atoms with Crippen molar-refractivity contribution in [2.75, 3.05) is 24.5 Å². The zero-order valence-corrected chi connectivity index (χ0v) is 20.0. The van der Waals surface area contributed by atoms with Crippen LogP contribution >= 0.6 is 11.6 Å². The summed E-state index contributed by atoms with van der Waals surface area (Å²) in [5.74, 6) is 0.921. The predicted octanol–water partition coefficient (Wildman–Crippen LogP) is 3.73. The molecule has 25 heavy (non-hydrogen) atoms. The van der Waals surface area contributed by atoms with Crippen LogP contribution in [-0.4, -0.2) is 65.6 Å². The molecule has 1 aliphatic heterocycles. The first-order chi connectivity index (χ1) is 11.4. The van der Waals surface area contributed by atoms with E-state index in [0.717, 1.165) is 23.9 Å². The van der Waals surface area contributed by atoms with E-state index in [9.17, 15) is 4.79 Å². The summed E-state index contributed by atoms with van der Waals surface area (Å²) in [6.45, 7) is 9.80. The molecule has 0 bridgehead atoms. The third-order valence-corrected chi connectivity index (χ3v) is 9.46. The molecular formula is C18H30ClN3O2Sn. The van der Waals surface area contributed by atoms with Gasteiger partial charge in [-0.15, -0.1) is 0 Å². The molecule has 2 heterocycles. The molecule has 5 nitrogen and oxygen atoms in total. The number of piperazine rings is 1. The van der Waals surface area contributed by atoms with Gasteiger partial charge >= 0.3 is 161 Å². The van der Waals surface area contributed by atoms with Gasteiger partial charge in [-0.25, -0.2) is 0 Å². The predicted molar refractivity (Wildman–Crippen MR) is 107 cm³/mol. The van der Waals surface area contributed by atoms with Gasteiger partial charge in [0.2, 0.25) is 0 Å². The Morgan fingerprint density at radius 2 is 1.92 bits per heavy atom. The number of rotatable bonds is 2. The van der Waals surface area contributed by atoms with Gasteiger partial charge in [-0.2, -0.15) is 0 Å². The van der Waals surface area contributed by atoms with Crippen molar-refractivity contribution in [1.82, 2.24) is 9.88 Å². The van der Waals surface area contributed by atoms with E-state index in [1.54, 1.807) is 4.90 Å². The minimum absolute atomic E-state index is 0.0611. The van der Waals surface area contributed by atoms with Gasteiger partial charge in [0.05, 0.1) is 0 Å². The first-order valence-corrected chi connectivity index (χ1v) is 19.2. The Hall–Kier alpha value is -0.691. The fraction of sp³-hybridized carbons (Fsp3) is 0.667. The Morgan fingerprint density at radius 1 is 1.28 bits per heavy atom. The first kappa shape index (κ1) is 20.6. The number of amides is 1. The molecule has 1 aromatic heterocycles. The molecule has 0 N–H and O–H groups in total. The van der Waals surface area contributed by atoms with Crippen molar-refractivity contribution in [2.24, 2.45) is 0 Å². The van der Waals surface area contributed by atoms with E-state index in [2.05, 4.69) is 19.7 Å². The molecular weight excluding hydrogens is 444 g/mol. The number of carbonyl (C=O) groups excluding carboxylic acids is 1. The molecule has 1 fully saturated rings. The van der Waals surface area contributed by atoms with E-state index in [0.29, 0.717) is 6.54 Å². The zero-order valence-electron chi connectivity index (χ0n) is 16.4. The number of hydrogen-bond donors (Lipinski definition) is 0. The molecule has 2 rings (SSSR count). The fourth-order valence-corrected chi connectivity index (χ4v) is 6.21. The van der Waals surface area contributed by atoms with Gasteiger partial charge in [-0.05, 0) is 0 Å². The minimum atomic E-state index is -2.30. The summed E-state index contributed by atoms with van der Waals surface area (Å²) < 4.78 is 6.69. The zero-order chi connectivity index (χ0) is 19.0. The van der Waals surface area contributed by atoms with Gasteiger partial charge in [-0.3, -0.25) is 0 Å². The third-order valence-electron chi connectivity index (χ3n) is 4.12. The van der Waals surface area contributed by atoms with Crippen LogP contribution in [0.15, 0.2) is 12.1 Å². The standard InChI is InChI=1S/C15H21ClN3O2.3CH3.Sn/c1-11-10-18(13-9-12(16)5-6-17-13)7-8-19(11)14(20)21-15(2,3)4;;;;/h5,9,11H,7-8,10H2,1-4H3;3*1H3;/t11-;;;;/m0..../s1. The van der Waals surface area contributed by atoms with Crippen LogP contribution in [-0.2, 0) is 4.74 Å². The number of halogens is 1. The van der Waals surface area contributed by atoms with Crippen LogP contribution in [0, 0.1) is 0 Å². The number of carbonyl (C=O) groups is 1. The second kappa shape index (κ2) is 7.51. The number of anilines is 1. The molecule has 1 aromatic rings. The Bertz CT molecular complexity index is 640. The Labute approximate surface area is 160 Å². The number of pyridine rings is 1. The summed E-state index contributed by atoms with van der Waals surface area (Å²) in [6.07, 6.45) is -0.245. The first-order valence-electron chi connectivity index (χ1n) is 8.79. The van der Waals surface area contributed by atoms with Crippen LogP contribution < -0.4 is 8.61 Å². The molecule has 0 radical (unpaired) electrons. The maximum absolute atomic E-state index is 12.4. The van der Waals surface area contributed by atoms with E-state index >= 15 is 0 Å². The van der Waals surface area contributed by atoms with Crippen molar-refractivity contribution in [3.8, 4) is 0 Å². The summed E-state index contributed by atoms with van der Waals surface area (Å²) in [5.41, 5.74) is -0.475. The van der Waals surface area contributed by atoms with E-state index in [4.69, 9.17) is 21.3 Å². The second-order valence-corrected chi connectivity index (χ2v) is 23.5. The topological polar surface area (TPSA) is 45.7 Å². The van der Waals surface area contributed by atoms with Gasteiger partial charge in [0.25, 0.3) is 0 Å². The second-order valence-electron chi connectivity index (χ2n) is 8.75. The van der Waals surface area contributed by atoms with E-state index < -0.39 is 24.0 Å². The molecule has 0 saturated carbocycles. The molecule has 0 aromatic carbocycles. The average molecular weight is 475 g/mol. The van der Waals surface area contributed by atoms with Crippen LogP contribution in [0.5, 0.6) is 0 Å². The van der Waals surface area contributed by atoms with Crippen molar-refractivity contribution >= 4 is 45.6 Å². The number of hydrogen-bond acceptors (Lipinski definition) is 4.